The van der Waals surface area contributed by atoms with Gasteiger partial charge in [0.2, 0.25) is 5.91 Å². The Morgan fingerprint density at radius 3 is 2.95 bits per heavy atom. The van der Waals surface area contributed by atoms with Gasteiger partial charge in [0, 0.05) is 25.4 Å². The van der Waals surface area contributed by atoms with Crippen LogP contribution in [0.3, 0.4) is 0 Å². The van der Waals surface area contributed by atoms with Crippen molar-refractivity contribution in [2.45, 2.75) is 17.7 Å². The zero-order valence-corrected chi connectivity index (χ0v) is 14.3. The van der Waals surface area contributed by atoms with E-state index in [2.05, 4.69) is 32.4 Å². The Morgan fingerprint density at radius 2 is 2.19 bits per heavy atom. The van der Waals surface area contributed by atoms with Gasteiger partial charge in [0.25, 0.3) is 0 Å². The molecule has 6 nitrogen and oxygen atoms in total. The number of amides is 1. The summed E-state index contributed by atoms with van der Waals surface area (Å²) in [6, 6.07) is 0. The van der Waals surface area contributed by atoms with Gasteiger partial charge in [-0.25, -0.2) is 0 Å². The standard InChI is InChI=1S/C13H23N5OS2/c1-11-15-16-13(21-11)20-9-4-14-12(19)10-18-6-3-5-17(2)7-8-18/h3-10H2,1-2H3,(H,14,19). The first-order valence-corrected chi connectivity index (χ1v) is 9.04. The molecule has 8 heteroatoms. The van der Waals surface area contributed by atoms with Crippen molar-refractivity contribution in [2.24, 2.45) is 0 Å². The number of likely N-dealkylation sites (N-methyl/N-ethyl adjacent to an activating group) is 1. The quantitative estimate of drug-likeness (QED) is 0.612. The molecule has 0 radical (unpaired) electrons. The minimum atomic E-state index is 0.119. The molecule has 1 aromatic rings. The number of nitrogens with zero attached hydrogens (tertiary/aromatic N) is 4. The first-order valence-electron chi connectivity index (χ1n) is 7.24. The molecular weight excluding hydrogens is 306 g/mol. The first kappa shape index (κ1) is 16.7. The number of aromatic nitrogens is 2. The van der Waals surface area contributed by atoms with Gasteiger partial charge < -0.3 is 10.2 Å². The van der Waals surface area contributed by atoms with E-state index in [1.165, 1.54) is 0 Å². The van der Waals surface area contributed by atoms with Gasteiger partial charge in [-0.15, -0.1) is 10.2 Å². The number of thioether (sulfide) groups is 1. The lowest BCUT2D eigenvalue weighted by Gasteiger charge is -2.19. The molecule has 0 unspecified atom stereocenters. The van der Waals surface area contributed by atoms with Gasteiger partial charge in [-0.3, -0.25) is 9.69 Å². The van der Waals surface area contributed by atoms with E-state index in [0.29, 0.717) is 13.1 Å². The fourth-order valence-corrected chi connectivity index (χ4v) is 3.92. The van der Waals surface area contributed by atoms with E-state index in [4.69, 9.17) is 0 Å². The number of carbonyl (C=O) groups excluding carboxylic acids is 1. The molecule has 0 bridgehead atoms. The van der Waals surface area contributed by atoms with Gasteiger partial charge in [0.15, 0.2) is 4.34 Å². The Bertz CT molecular complexity index is 454. The van der Waals surface area contributed by atoms with Crippen molar-refractivity contribution in [1.82, 2.24) is 25.3 Å². The zero-order valence-electron chi connectivity index (χ0n) is 12.7. The van der Waals surface area contributed by atoms with Crippen molar-refractivity contribution in [3.63, 3.8) is 0 Å². The summed E-state index contributed by atoms with van der Waals surface area (Å²) < 4.78 is 0.970. The monoisotopic (exact) mass is 329 g/mol. The van der Waals surface area contributed by atoms with Crippen molar-refractivity contribution >= 4 is 29.0 Å². The van der Waals surface area contributed by atoms with E-state index in [-0.39, 0.29) is 5.91 Å². The van der Waals surface area contributed by atoms with E-state index < -0.39 is 0 Å². The molecule has 1 fully saturated rings. The summed E-state index contributed by atoms with van der Waals surface area (Å²) in [5.41, 5.74) is 0. The van der Waals surface area contributed by atoms with Gasteiger partial charge in [-0.05, 0) is 33.5 Å². The Labute approximate surface area is 134 Å². The van der Waals surface area contributed by atoms with Crippen molar-refractivity contribution in [1.29, 1.82) is 0 Å². The molecule has 1 N–H and O–H groups in total. The molecule has 0 aliphatic carbocycles. The zero-order chi connectivity index (χ0) is 15.1. The minimum absolute atomic E-state index is 0.119. The summed E-state index contributed by atoms with van der Waals surface area (Å²) in [7, 11) is 2.13. The lowest BCUT2D eigenvalue weighted by Crippen LogP contribution is -2.39. The molecule has 21 heavy (non-hydrogen) atoms. The van der Waals surface area contributed by atoms with Gasteiger partial charge >= 0.3 is 0 Å². The number of hydrogen-bond acceptors (Lipinski definition) is 7. The molecule has 1 aromatic heterocycles. The summed E-state index contributed by atoms with van der Waals surface area (Å²) in [6.45, 7) is 7.28. The van der Waals surface area contributed by atoms with Crippen LogP contribution in [0.5, 0.6) is 0 Å². The van der Waals surface area contributed by atoms with E-state index in [0.717, 1.165) is 47.7 Å². The Hall–Kier alpha value is -0.700. The number of nitrogens with one attached hydrogen (secondary N) is 1. The molecule has 2 heterocycles. The van der Waals surface area contributed by atoms with E-state index in [9.17, 15) is 4.79 Å². The van der Waals surface area contributed by atoms with E-state index >= 15 is 0 Å². The maximum absolute atomic E-state index is 11.9. The van der Waals surface area contributed by atoms with E-state index in [1.54, 1.807) is 23.1 Å². The second kappa shape index (κ2) is 8.67. The molecule has 1 aliphatic rings. The van der Waals surface area contributed by atoms with Crippen LogP contribution in [-0.4, -0.2) is 78.0 Å². The number of carbonyl (C=O) groups is 1. The van der Waals surface area contributed by atoms with Crippen LogP contribution in [0, 0.1) is 6.92 Å². The van der Waals surface area contributed by atoms with Crippen LogP contribution in [-0.2, 0) is 4.79 Å². The molecule has 0 spiro atoms. The maximum atomic E-state index is 11.9. The highest BCUT2D eigenvalue weighted by atomic mass is 32.2. The average molecular weight is 329 g/mol. The van der Waals surface area contributed by atoms with Crippen LogP contribution in [0.1, 0.15) is 11.4 Å². The summed E-state index contributed by atoms with van der Waals surface area (Å²) in [5, 5.41) is 12.0. The van der Waals surface area contributed by atoms with Gasteiger partial charge in [0.1, 0.15) is 5.01 Å². The molecule has 2 rings (SSSR count). The molecule has 1 amide bonds. The lowest BCUT2D eigenvalue weighted by molar-refractivity contribution is -0.122. The molecule has 0 atom stereocenters. The van der Waals surface area contributed by atoms with Crippen molar-refractivity contribution in [3.05, 3.63) is 5.01 Å². The van der Waals surface area contributed by atoms with Gasteiger partial charge in [-0.2, -0.15) is 0 Å². The highest BCUT2D eigenvalue weighted by Gasteiger charge is 2.14. The van der Waals surface area contributed by atoms with Crippen molar-refractivity contribution in [2.75, 3.05) is 52.1 Å². The molecule has 1 saturated heterocycles. The average Bonchev–Trinajstić information content (AvgIpc) is 2.75. The first-order chi connectivity index (χ1) is 10.1. The molecule has 118 valence electrons. The summed E-state index contributed by atoms with van der Waals surface area (Å²) in [5.74, 6) is 0.955. The summed E-state index contributed by atoms with van der Waals surface area (Å²) in [4.78, 5) is 16.5. The second-order valence-corrected chi connectivity index (χ2v) is 7.74. The third kappa shape index (κ3) is 6.29. The number of aryl methyl sites for hydroxylation is 1. The highest BCUT2D eigenvalue weighted by Crippen LogP contribution is 2.20. The third-order valence-electron chi connectivity index (χ3n) is 3.34. The number of hydrogen-bond donors (Lipinski definition) is 1. The molecular formula is C13H23N5OS2. The third-order valence-corrected chi connectivity index (χ3v) is 5.31. The second-order valence-electron chi connectivity index (χ2n) is 5.22. The van der Waals surface area contributed by atoms with Crippen LogP contribution >= 0.6 is 23.1 Å². The highest BCUT2D eigenvalue weighted by molar-refractivity contribution is 8.01. The van der Waals surface area contributed by atoms with Crippen LogP contribution < -0.4 is 5.32 Å². The Kier molecular flexibility index (Phi) is 6.88. The Balaban J connectivity index is 1.59. The lowest BCUT2D eigenvalue weighted by atomic mass is 10.4. The van der Waals surface area contributed by atoms with E-state index in [1.807, 2.05) is 6.92 Å². The van der Waals surface area contributed by atoms with Crippen LogP contribution in [0.4, 0.5) is 0 Å². The van der Waals surface area contributed by atoms with Crippen LogP contribution in [0.15, 0.2) is 4.34 Å². The van der Waals surface area contributed by atoms with Gasteiger partial charge in [-0.1, -0.05) is 23.1 Å². The molecule has 1 aliphatic heterocycles. The largest absolute Gasteiger partial charge is 0.354 e. The van der Waals surface area contributed by atoms with Crippen LogP contribution in [0.25, 0.3) is 0 Å². The topological polar surface area (TPSA) is 61.4 Å². The minimum Gasteiger partial charge on any atom is -0.354 e. The normalized spacial score (nSPS) is 17.6. The molecule has 0 saturated carbocycles. The number of rotatable bonds is 6. The maximum Gasteiger partial charge on any atom is 0.234 e. The Morgan fingerprint density at radius 1 is 1.33 bits per heavy atom. The SMILES string of the molecule is Cc1nnc(SCCNC(=O)CN2CCCN(C)CC2)s1. The van der Waals surface area contributed by atoms with Crippen LogP contribution in [0.2, 0.25) is 0 Å². The van der Waals surface area contributed by atoms with Crippen molar-refractivity contribution < 1.29 is 4.79 Å². The summed E-state index contributed by atoms with van der Waals surface area (Å²) in [6.07, 6.45) is 1.13. The van der Waals surface area contributed by atoms with Gasteiger partial charge in [0.05, 0.1) is 6.54 Å². The molecule has 0 aromatic carbocycles. The van der Waals surface area contributed by atoms with Crippen molar-refractivity contribution in [3.8, 4) is 0 Å². The predicted octanol–water partition coefficient (Wildman–Crippen LogP) is 0.692. The predicted molar refractivity (Wildman–Crippen MR) is 86.9 cm³/mol. The fraction of sp³-hybridized carbons (Fsp3) is 0.769. The summed E-state index contributed by atoms with van der Waals surface area (Å²) >= 11 is 3.24. The smallest absolute Gasteiger partial charge is 0.234 e. The fourth-order valence-electron chi connectivity index (χ4n) is 2.18.